The van der Waals surface area contributed by atoms with Crippen molar-refractivity contribution in [1.29, 1.82) is 0 Å². The summed E-state index contributed by atoms with van der Waals surface area (Å²) in [5, 5.41) is 0. The van der Waals surface area contributed by atoms with E-state index in [0.29, 0.717) is 15.0 Å². The quantitative estimate of drug-likeness (QED) is 0.781. The third-order valence-electron chi connectivity index (χ3n) is 2.56. The van der Waals surface area contributed by atoms with Crippen LogP contribution in [0.5, 0.6) is 11.5 Å². The summed E-state index contributed by atoms with van der Waals surface area (Å²) in [7, 11) is 1.60. The van der Waals surface area contributed by atoms with Crippen LogP contribution in [0.3, 0.4) is 0 Å². The minimum Gasteiger partial charge on any atom is -0.497 e. The van der Waals surface area contributed by atoms with Gasteiger partial charge in [0.2, 0.25) is 5.78 Å². The molecule has 5 heteroatoms. The lowest BCUT2D eigenvalue weighted by atomic mass is 10.2. The second kappa shape index (κ2) is 6.08. The zero-order valence-corrected chi connectivity index (χ0v) is 12.1. The highest BCUT2D eigenvalue weighted by Crippen LogP contribution is 2.24. The molecule has 1 atom stereocenters. The van der Waals surface area contributed by atoms with E-state index in [0.717, 1.165) is 5.75 Å². The summed E-state index contributed by atoms with van der Waals surface area (Å²) < 4.78 is 11.3. The summed E-state index contributed by atoms with van der Waals surface area (Å²) in [5.74, 6) is 1.30. The summed E-state index contributed by atoms with van der Waals surface area (Å²) >= 11 is 7.07. The number of carbonyl (C=O) groups excluding carboxylic acids is 1. The van der Waals surface area contributed by atoms with Gasteiger partial charge in [-0.2, -0.15) is 0 Å². The minimum atomic E-state index is -0.553. The summed E-state index contributed by atoms with van der Waals surface area (Å²) in [5.41, 5.74) is 0. The Morgan fingerprint density at radius 3 is 2.32 bits per heavy atom. The Morgan fingerprint density at radius 2 is 1.79 bits per heavy atom. The number of halogens is 1. The average molecular weight is 297 g/mol. The van der Waals surface area contributed by atoms with E-state index in [4.69, 9.17) is 21.1 Å². The highest BCUT2D eigenvalue weighted by molar-refractivity contribution is 7.18. The van der Waals surface area contributed by atoms with Crippen molar-refractivity contribution in [3.8, 4) is 11.5 Å². The van der Waals surface area contributed by atoms with E-state index in [2.05, 4.69) is 0 Å². The number of methoxy groups -OCH3 is 1. The molecule has 19 heavy (non-hydrogen) atoms. The van der Waals surface area contributed by atoms with Crippen molar-refractivity contribution in [3.05, 3.63) is 45.6 Å². The number of carbonyl (C=O) groups is 1. The number of hydrogen-bond donors (Lipinski definition) is 0. The molecule has 1 unspecified atom stereocenters. The molecular weight excluding hydrogens is 284 g/mol. The van der Waals surface area contributed by atoms with Crippen molar-refractivity contribution < 1.29 is 14.3 Å². The van der Waals surface area contributed by atoms with E-state index in [-0.39, 0.29) is 5.78 Å². The Bertz CT molecular complexity index is 562. The van der Waals surface area contributed by atoms with Gasteiger partial charge in [-0.25, -0.2) is 0 Å². The van der Waals surface area contributed by atoms with Gasteiger partial charge in [0.1, 0.15) is 11.5 Å². The Labute approximate surface area is 120 Å². The molecule has 0 aliphatic rings. The van der Waals surface area contributed by atoms with Crippen molar-refractivity contribution in [2.75, 3.05) is 7.11 Å². The van der Waals surface area contributed by atoms with Gasteiger partial charge in [0.05, 0.1) is 16.3 Å². The zero-order valence-electron chi connectivity index (χ0n) is 10.6. The molecule has 0 fully saturated rings. The number of Topliss-reactive ketones (excluding diaryl/α,β-unsaturated/α-hetero) is 1. The molecule has 2 aromatic rings. The maximum Gasteiger partial charge on any atom is 0.212 e. The predicted molar refractivity (Wildman–Crippen MR) is 76.7 cm³/mol. The Kier molecular flexibility index (Phi) is 4.45. The molecule has 0 aliphatic heterocycles. The highest BCUT2D eigenvalue weighted by atomic mass is 35.5. The lowest BCUT2D eigenvalue weighted by Gasteiger charge is -2.13. The third kappa shape index (κ3) is 3.49. The summed E-state index contributed by atoms with van der Waals surface area (Å²) in [6.45, 7) is 1.72. The van der Waals surface area contributed by atoms with Gasteiger partial charge in [0.25, 0.3) is 0 Å². The Hall–Kier alpha value is -1.52. The lowest BCUT2D eigenvalue weighted by Crippen LogP contribution is -2.23. The number of hydrogen-bond acceptors (Lipinski definition) is 4. The van der Waals surface area contributed by atoms with Gasteiger partial charge in [-0.3, -0.25) is 4.79 Å². The first-order valence-electron chi connectivity index (χ1n) is 5.70. The van der Waals surface area contributed by atoms with Gasteiger partial charge in [-0.15, -0.1) is 11.3 Å². The van der Waals surface area contributed by atoms with Gasteiger partial charge < -0.3 is 9.47 Å². The number of ether oxygens (including phenoxy) is 2. The van der Waals surface area contributed by atoms with E-state index in [1.807, 2.05) is 0 Å². The summed E-state index contributed by atoms with van der Waals surface area (Å²) in [6.07, 6.45) is -0.553. The average Bonchev–Trinajstić information content (AvgIpc) is 2.85. The fraction of sp³-hybridized carbons (Fsp3) is 0.214. The zero-order chi connectivity index (χ0) is 13.8. The van der Waals surface area contributed by atoms with Crippen molar-refractivity contribution in [2.45, 2.75) is 13.0 Å². The van der Waals surface area contributed by atoms with Crippen LogP contribution in [0.4, 0.5) is 0 Å². The second-order valence-electron chi connectivity index (χ2n) is 3.90. The first kappa shape index (κ1) is 13.9. The molecule has 1 heterocycles. The van der Waals surface area contributed by atoms with E-state index >= 15 is 0 Å². The number of thiophene rings is 1. The predicted octanol–water partition coefficient (Wildman–Crippen LogP) is 4.06. The smallest absolute Gasteiger partial charge is 0.212 e. The monoisotopic (exact) mass is 296 g/mol. The maximum atomic E-state index is 12.1. The molecular formula is C14H13ClO3S. The molecule has 0 spiro atoms. The van der Waals surface area contributed by atoms with Crippen molar-refractivity contribution in [1.82, 2.24) is 0 Å². The first-order chi connectivity index (χ1) is 9.10. The van der Waals surface area contributed by atoms with E-state index < -0.39 is 6.10 Å². The van der Waals surface area contributed by atoms with Crippen LogP contribution in [0, 0.1) is 0 Å². The van der Waals surface area contributed by atoms with Crippen LogP contribution in [-0.4, -0.2) is 19.0 Å². The Balaban J connectivity index is 2.03. The van der Waals surface area contributed by atoms with Crippen LogP contribution in [0.25, 0.3) is 0 Å². The lowest BCUT2D eigenvalue weighted by molar-refractivity contribution is 0.0822. The van der Waals surface area contributed by atoms with E-state index in [9.17, 15) is 4.79 Å². The molecule has 0 bridgehead atoms. The molecule has 2 rings (SSSR count). The second-order valence-corrected chi connectivity index (χ2v) is 5.62. The Morgan fingerprint density at radius 1 is 1.16 bits per heavy atom. The van der Waals surface area contributed by atoms with Gasteiger partial charge in [0.15, 0.2) is 6.10 Å². The molecule has 0 amide bonds. The molecule has 3 nitrogen and oxygen atoms in total. The third-order valence-corrected chi connectivity index (χ3v) is 3.80. The molecule has 0 N–H and O–H groups in total. The number of rotatable bonds is 5. The topological polar surface area (TPSA) is 35.5 Å². The van der Waals surface area contributed by atoms with Crippen LogP contribution >= 0.6 is 22.9 Å². The summed E-state index contributed by atoms with van der Waals surface area (Å²) in [6, 6.07) is 10.5. The molecule has 0 radical (unpaired) electrons. The van der Waals surface area contributed by atoms with Crippen LogP contribution in [0.1, 0.15) is 16.6 Å². The van der Waals surface area contributed by atoms with E-state index in [1.165, 1.54) is 11.3 Å². The number of benzene rings is 1. The van der Waals surface area contributed by atoms with Gasteiger partial charge >= 0.3 is 0 Å². The minimum absolute atomic E-state index is 0.0762. The van der Waals surface area contributed by atoms with E-state index in [1.54, 1.807) is 50.4 Å². The fourth-order valence-corrected chi connectivity index (χ4v) is 2.62. The van der Waals surface area contributed by atoms with Crippen molar-refractivity contribution in [3.63, 3.8) is 0 Å². The van der Waals surface area contributed by atoms with Crippen molar-refractivity contribution in [2.24, 2.45) is 0 Å². The summed E-state index contributed by atoms with van der Waals surface area (Å²) in [4.78, 5) is 12.7. The largest absolute Gasteiger partial charge is 0.497 e. The first-order valence-corrected chi connectivity index (χ1v) is 6.90. The van der Waals surface area contributed by atoms with Crippen LogP contribution in [0.2, 0.25) is 4.34 Å². The van der Waals surface area contributed by atoms with Crippen LogP contribution in [0.15, 0.2) is 36.4 Å². The van der Waals surface area contributed by atoms with Gasteiger partial charge in [0, 0.05) is 0 Å². The number of ketones is 1. The molecule has 1 aromatic carbocycles. The normalized spacial score (nSPS) is 11.9. The molecule has 0 saturated carbocycles. The standard InChI is InChI=1S/C14H13ClO3S/c1-9(14(16)12-7-8-13(15)19-12)18-11-5-3-10(17-2)4-6-11/h3-9H,1-2H3. The fourth-order valence-electron chi connectivity index (χ4n) is 1.56. The molecule has 100 valence electrons. The van der Waals surface area contributed by atoms with Gasteiger partial charge in [-0.1, -0.05) is 11.6 Å². The van der Waals surface area contributed by atoms with Crippen molar-refractivity contribution >= 4 is 28.7 Å². The molecule has 1 aromatic heterocycles. The van der Waals surface area contributed by atoms with Crippen LogP contribution in [-0.2, 0) is 0 Å². The molecule has 0 saturated heterocycles. The molecule has 0 aliphatic carbocycles. The van der Waals surface area contributed by atoms with Crippen LogP contribution < -0.4 is 9.47 Å². The maximum absolute atomic E-state index is 12.1. The SMILES string of the molecule is COc1ccc(OC(C)C(=O)c2ccc(Cl)s2)cc1. The highest BCUT2D eigenvalue weighted by Gasteiger charge is 2.18. The van der Waals surface area contributed by atoms with Gasteiger partial charge in [-0.05, 0) is 43.3 Å².